The van der Waals surface area contributed by atoms with Crippen molar-refractivity contribution in [3.8, 4) is 11.5 Å². The van der Waals surface area contributed by atoms with Crippen LogP contribution in [-0.4, -0.2) is 77.7 Å². The van der Waals surface area contributed by atoms with Crippen LogP contribution in [-0.2, 0) is 11.3 Å². The number of amidine groups is 1. The molecule has 1 aliphatic rings. The highest BCUT2D eigenvalue weighted by Crippen LogP contribution is 2.37. The molecule has 0 aromatic heterocycles. The number of carbonyl (C=O) groups is 1. The zero-order valence-electron chi connectivity index (χ0n) is 22.0. The van der Waals surface area contributed by atoms with Crippen LogP contribution in [0.25, 0.3) is 0 Å². The van der Waals surface area contributed by atoms with Crippen molar-refractivity contribution in [1.82, 2.24) is 15.1 Å². The Morgan fingerprint density at radius 3 is 2.28 bits per heavy atom. The summed E-state index contributed by atoms with van der Waals surface area (Å²) in [6.07, 6.45) is -6.21. The van der Waals surface area contributed by atoms with Crippen LogP contribution in [0.4, 0.5) is 23.2 Å². The second-order valence-corrected chi connectivity index (χ2v) is 9.94. The van der Waals surface area contributed by atoms with Gasteiger partial charge in [-0.3, -0.25) is 15.1 Å². The molecule has 1 unspecified atom stereocenters. The summed E-state index contributed by atoms with van der Waals surface area (Å²) in [7, 11) is 2.00. The van der Waals surface area contributed by atoms with Crippen LogP contribution < -0.4 is 16.0 Å². The van der Waals surface area contributed by atoms with Gasteiger partial charge in [0, 0.05) is 55.6 Å². The lowest BCUT2D eigenvalue weighted by atomic mass is 9.97. The first-order chi connectivity index (χ1) is 18.2. The van der Waals surface area contributed by atoms with E-state index in [0.717, 1.165) is 43.2 Å². The van der Waals surface area contributed by atoms with E-state index in [0.29, 0.717) is 17.7 Å². The summed E-state index contributed by atoms with van der Waals surface area (Å²) in [5, 5.41) is 30.7. The molecule has 1 amide bonds. The third-order valence-corrected chi connectivity index (χ3v) is 6.60. The Balaban J connectivity index is 1.98. The highest BCUT2D eigenvalue weighted by molar-refractivity contribution is 6.41. The first kappa shape index (κ1) is 30.1. The molecule has 3 rings (SSSR count). The lowest BCUT2D eigenvalue weighted by Crippen LogP contribution is -2.48. The first-order valence-corrected chi connectivity index (χ1v) is 12.4. The topological polar surface area (TPSA) is 129 Å². The summed E-state index contributed by atoms with van der Waals surface area (Å²) in [5.41, 5.74) is 7.03. The Labute approximate surface area is 224 Å². The maximum atomic E-state index is 15.3. The van der Waals surface area contributed by atoms with Crippen LogP contribution in [0, 0.1) is 11.2 Å². The molecule has 1 atom stereocenters. The van der Waals surface area contributed by atoms with Crippen LogP contribution in [0.3, 0.4) is 0 Å². The molecule has 214 valence electrons. The van der Waals surface area contributed by atoms with Crippen LogP contribution in [0.5, 0.6) is 11.5 Å². The Morgan fingerprint density at radius 1 is 1.10 bits per heavy atom. The zero-order valence-corrected chi connectivity index (χ0v) is 22.0. The second-order valence-electron chi connectivity index (χ2n) is 9.94. The largest absolute Gasteiger partial charge is 0.508 e. The number of nitrogens with zero attached hydrogens (tertiary/aromatic N) is 3. The fraction of sp³-hybridized carbons (Fsp3) is 0.462. The number of hydrogen-bond donors (Lipinski definition) is 5. The molecule has 1 heterocycles. The standard InChI is InChI=1S/C26H34F4N6O3/c1-15(2)18-11-19(22(38)12-21(18)37)23(31)36(24(32)25(39)33-14-26(28,29)30)17-5-4-16(20(27)10-17)13-35-8-6-34(3)7-9-35/h4-5,10-12,15,23,32,37-38H,6-9,13-14,31H2,1-3H3,(H,33,39). The highest BCUT2D eigenvalue weighted by Gasteiger charge is 2.33. The highest BCUT2D eigenvalue weighted by atomic mass is 19.4. The molecule has 6 N–H and O–H groups in total. The number of aromatic hydroxyl groups is 2. The molecule has 39 heavy (non-hydrogen) atoms. The number of anilines is 1. The maximum absolute atomic E-state index is 15.3. The van der Waals surface area contributed by atoms with E-state index in [9.17, 15) is 28.2 Å². The van der Waals surface area contributed by atoms with E-state index in [1.54, 1.807) is 19.2 Å². The smallest absolute Gasteiger partial charge is 0.405 e. The second kappa shape index (κ2) is 12.2. The zero-order chi connectivity index (χ0) is 29.1. The summed E-state index contributed by atoms with van der Waals surface area (Å²) >= 11 is 0. The van der Waals surface area contributed by atoms with Gasteiger partial charge in [0.15, 0.2) is 5.84 Å². The van der Waals surface area contributed by atoms with E-state index in [1.807, 2.05) is 7.05 Å². The molecule has 0 saturated carbocycles. The Hall–Kier alpha value is -3.42. The van der Waals surface area contributed by atoms with Gasteiger partial charge in [-0.1, -0.05) is 19.9 Å². The van der Waals surface area contributed by atoms with Gasteiger partial charge in [-0.2, -0.15) is 13.2 Å². The summed E-state index contributed by atoms with van der Waals surface area (Å²) in [4.78, 5) is 17.6. The monoisotopic (exact) mass is 554 g/mol. The van der Waals surface area contributed by atoms with Crippen molar-refractivity contribution < 1.29 is 32.6 Å². The molecule has 1 fully saturated rings. The molecule has 2 aromatic carbocycles. The molecule has 0 spiro atoms. The van der Waals surface area contributed by atoms with E-state index >= 15 is 4.39 Å². The number of phenols is 2. The average molecular weight is 555 g/mol. The predicted molar refractivity (Wildman–Crippen MR) is 139 cm³/mol. The third kappa shape index (κ3) is 7.58. The van der Waals surface area contributed by atoms with Crippen molar-refractivity contribution in [3.05, 3.63) is 52.8 Å². The summed E-state index contributed by atoms with van der Waals surface area (Å²) in [6.45, 7) is 5.36. The molecular formula is C26H34F4N6O3. The van der Waals surface area contributed by atoms with Crippen LogP contribution >= 0.6 is 0 Å². The molecule has 1 aliphatic heterocycles. The van der Waals surface area contributed by atoms with Gasteiger partial charge in [-0.15, -0.1) is 0 Å². The molecule has 0 bridgehead atoms. The molecule has 0 aliphatic carbocycles. The maximum Gasteiger partial charge on any atom is 0.405 e. The lowest BCUT2D eigenvalue weighted by Gasteiger charge is -2.33. The van der Waals surface area contributed by atoms with Gasteiger partial charge < -0.3 is 31.1 Å². The van der Waals surface area contributed by atoms with Crippen molar-refractivity contribution in [3.63, 3.8) is 0 Å². The number of piperazine rings is 1. The molecule has 0 radical (unpaired) electrons. The number of nitrogens with one attached hydrogen (secondary N) is 2. The van der Waals surface area contributed by atoms with Gasteiger partial charge in [-0.05, 0) is 36.7 Å². The fourth-order valence-corrected chi connectivity index (χ4v) is 4.31. The summed E-state index contributed by atoms with van der Waals surface area (Å²) in [6, 6.07) is 6.38. The van der Waals surface area contributed by atoms with E-state index in [2.05, 4.69) is 9.80 Å². The van der Waals surface area contributed by atoms with E-state index in [-0.39, 0.29) is 22.9 Å². The minimum absolute atomic E-state index is 0.0215. The molecule has 9 nitrogen and oxygen atoms in total. The summed E-state index contributed by atoms with van der Waals surface area (Å²) in [5.74, 6) is -3.91. The number of alkyl halides is 3. The van der Waals surface area contributed by atoms with Gasteiger partial charge in [0.2, 0.25) is 0 Å². The molecule has 2 aromatic rings. The number of hydrogen-bond acceptors (Lipinski definition) is 7. The number of nitrogens with two attached hydrogens (primary N) is 1. The Kier molecular flexibility index (Phi) is 9.41. The lowest BCUT2D eigenvalue weighted by molar-refractivity contribution is -0.134. The van der Waals surface area contributed by atoms with E-state index in [4.69, 9.17) is 11.1 Å². The Bertz CT molecular complexity index is 1200. The van der Waals surface area contributed by atoms with Crippen molar-refractivity contribution in [2.24, 2.45) is 5.73 Å². The van der Waals surface area contributed by atoms with E-state index < -0.39 is 42.2 Å². The van der Waals surface area contributed by atoms with Crippen molar-refractivity contribution in [2.75, 3.05) is 44.7 Å². The minimum atomic E-state index is -4.72. The first-order valence-electron chi connectivity index (χ1n) is 12.4. The number of halogens is 4. The molecule has 1 saturated heterocycles. The Morgan fingerprint density at radius 2 is 1.72 bits per heavy atom. The number of amides is 1. The average Bonchev–Trinajstić information content (AvgIpc) is 2.84. The third-order valence-electron chi connectivity index (χ3n) is 6.60. The molecule has 13 heteroatoms. The van der Waals surface area contributed by atoms with Crippen LogP contribution in [0.2, 0.25) is 0 Å². The minimum Gasteiger partial charge on any atom is -0.508 e. The van der Waals surface area contributed by atoms with Gasteiger partial charge in [-0.25, -0.2) is 4.39 Å². The number of benzene rings is 2. The van der Waals surface area contributed by atoms with Gasteiger partial charge >= 0.3 is 6.18 Å². The van der Waals surface area contributed by atoms with Crippen LogP contribution in [0.1, 0.15) is 42.6 Å². The predicted octanol–water partition coefficient (Wildman–Crippen LogP) is 3.23. The number of phenolic OH excluding ortho intramolecular Hbond substituents is 2. The van der Waals surface area contributed by atoms with E-state index in [1.165, 1.54) is 18.2 Å². The molecular weight excluding hydrogens is 520 g/mol. The quantitative estimate of drug-likeness (QED) is 0.154. The van der Waals surface area contributed by atoms with Gasteiger partial charge in [0.25, 0.3) is 5.91 Å². The van der Waals surface area contributed by atoms with Gasteiger partial charge in [0.05, 0.1) is 0 Å². The van der Waals surface area contributed by atoms with Crippen LogP contribution in [0.15, 0.2) is 30.3 Å². The van der Waals surface area contributed by atoms with Crippen molar-refractivity contribution in [1.29, 1.82) is 5.41 Å². The summed E-state index contributed by atoms with van der Waals surface area (Å²) < 4.78 is 53.4. The van der Waals surface area contributed by atoms with Crippen molar-refractivity contribution >= 4 is 17.4 Å². The SMILES string of the molecule is CC(C)c1cc(C(N)N(C(=N)C(=O)NCC(F)(F)F)c2ccc(CN3CCN(C)CC3)c(F)c2)c(O)cc1O. The fourth-order valence-electron chi connectivity index (χ4n) is 4.31. The van der Waals surface area contributed by atoms with Gasteiger partial charge in [0.1, 0.15) is 30.0 Å². The number of carbonyl (C=O) groups excluding carboxylic acids is 1. The normalized spacial score (nSPS) is 15.8. The van der Waals surface area contributed by atoms with Crippen molar-refractivity contribution in [2.45, 2.75) is 38.7 Å². The number of likely N-dealkylation sites (N-methyl/N-ethyl adjacent to an activating group) is 1. The number of rotatable bonds is 7.